The monoisotopic (exact) mass is 404 g/mol. The SMILES string of the molecule is CC[C@]12C=CC(=O)C=C1CC[C@H]1[C@@H]3C[C@@H](C)[C@H](C(=O)COC)[C@@]3(C)C[C@H](O)[C@@]12F. The van der Waals surface area contributed by atoms with Crippen LogP contribution in [0.3, 0.4) is 0 Å². The fourth-order valence-corrected chi connectivity index (χ4v) is 7.93. The number of aliphatic hydroxyl groups excluding tert-OH is 1. The molecule has 1 N–H and O–H groups in total. The van der Waals surface area contributed by atoms with Gasteiger partial charge in [-0.1, -0.05) is 32.4 Å². The Morgan fingerprint density at radius 1 is 1.38 bits per heavy atom. The summed E-state index contributed by atoms with van der Waals surface area (Å²) in [6.45, 7) is 6.17. The first-order valence-corrected chi connectivity index (χ1v) is 11.0. The molecule has 0 radical (unpaired) electrons. The molecule has 3 fully saturated rings. The lowest BCUT2D eigenvalue weighted by molar-refractivity contribution is -0.200. The highest BCUT2D eigenvalue weighted by Gasteiger charge is 2.72. The number of Topliss-reactive ketones (excluding diaryl/α,β-unsaturated/α-hetero) is 1. The molecule has 3 saturated carbocycles. The summed E-state index contributed by atoms with van der Waals surface area (Å²) in [6, 6.07) is 0. The van der Waals surface area contributed by atoms with Crippen molar-refractivity contribution in [3.8, 4) is 0 Å². The third-order valence-electron chi connectivity index (χ3n) is 8.92. The molecule has 0 bridgehead atoms. The van der Waals surface area contributed by atoms with E-state index in [2.05, 4.69) is 13.8 Å². The number of methoxy groups -OCH3 is 1. The molecule has 0 amide bonds. The standard InChI is InChI=1S/C24H33FO4/c1-5-23-9-8-16(26)11-15(23)6-7-17-18-10-14(2)21(19(27)13-29-4)22(18,3)12-20(28)24(17,23)25/h8-9,11,14,17-18,20-21,28H,5-7,10,12-13H2,1-4H3/t14-,17+,18+,20+,21-,22+,23+,24+/m1/s1. The number of fused-ring (bicyclic) bond motifs is 5. The molecule has 4 aliphatic carbocycles. The van der Waals surface area contributed by atoms with E-state index >= 15 is 4.39 Å². The van der Waals surface area contributed by atoms with Gasteiger partial charge in [-0.05, 0) is 61.5 Å². The van der Waals surface area contributed by atoms with Crippen LogP contribution in [0.2, 0.25) is 0 Å². The number of rotatable bonds is 4. The van der Waals surface area contributed by atoms with Crippen molar-refractivity contribution in [3.63, 3.8) is 0 Å². The predicted molar refractivity (Wildman–Crippen MR) is 108 cm³/mol. The Hall–Kier alpha value is -1.33. The number of aliphatic hydroxyl groups is 1. The van der Waals surface area contributed by atoms with Crippen molar-refractivity contribution < 1.29 is 23.8 Å². The minimum absolute atomic E-state index is 0.0349. The second-order valence-electron chi connectivity index (χ2n) is 10.1. The van der Waals surface area contributed by atoms with Crippen molar-refractivity contribution in [3.05, 3.63) is 23.8 Å². The van der Waals surface area contributed by atoms with Crippen LogP contribution in [0.1, 0.15) is 52.9 Å². The number of carbonyl (C=O) groups is 2. The van der Waals surface area contributed by atoms with Crippen LogP contribution in [0.5, 0.6) is 0 Å². The fourth-order valence-electron chi connectivity index (χ4n) is 7.93. The van der Waals surface area contributed by atoms with Gasteiger partial charge in [0.1, 0.15) is 6.61 Å². The highest BCUT2D eigenvalue weighted by atomic mass is 19.1. The summed E-state index contributed by atoms with van der Waals surface area (Å²) in [6.07, 6.45) is 6.48. The molecule has 0 unspecified atom stereocenters. The first-order chi connectivity index (χ1) is 13.7. The molecule has 160 valence electrons. The minimum Gasteiger partial charge on any atom is -0.390 e. The van der Waals surface area contributed by atoms with Gasteiger partial charge >= 0.3 is 0 Å². The fraction of sp³-hybridized carbons (Fsp3) is 0.750. The van der Waals surface area contributed by atoms with Crippen LogP contribution in [0.4, 0.5) is 4.39 Å². The molecular formula is C24H33FO4. The Morgan fingerprint density at radius 3 is 2.76 bits per heavy atom. The van der Waals surface area contributed by atoms with Crippen molar-refractivity contribution in [2.75, 3.05) is 13.7 Å². The van der Waals surface area contributed by atoms with Gasteiger partial charge in [0, 0.05) is 24.4 Å². The summed E-state index contributed by atoms with van der Waals surface area (Å²) in [7, 11) is 1.52. The van der Waals surface area contributed by atoms with Crippen LogP contribution in [0.15, 0.2) is 23.8 Å². The predicted octanol–water partition coefficient (Wildman–Crippen LogP) is 3.83. The summed E-state index contributed by atoms with van der Waals surface area (Å²) in [5, 5.41) is 11.3. The highest BCUT2D eigenvalue weighted by Crippen LogP contribution is 2.70. The molecule has 0 aliphatic heterocycles. The molecule has 0 aromatic carbocycles. The van der Waals surface area contributed by atoms with Gasteiger partial charge in [-0.15, -0.1) is 0 Å². The van der Waals surface area contributed by atoms with Crippen LogP contribution < -0.4 is 0 Å². The van der Waals surface area contributed by atoms with Gasteiger partial charge in [0.15, 0.2) is 17.2 Å². The smallest absolute Gasteiger partial charge is 0.178 e. The van der Waals surface area contributed by atoms with Crippen LogP contribution in [0.25, 0.3) is 0 Å². The Morgan fingerprint density at radius 2 is 2.10 bits per heavy atom. The average molecular weight is 405 g/mol. The normalized spacial score (nSPS) is 48.6. The van der Waals surface area contributed by atoms with Crippen molar-refractivity contribution >= 4 is 11.6 Å². The van der Waals surface area contributed by atoms with Crippen molar-refractivity contribution in [2.45, 2.75) is 64.6 Å². The Labute approximate surface area is 172 Å². The van der Waals surface area contributed by atoms with Gasteiger partial charge in [-0.3, -0.25) is 9.59 Å². The van der Waals surface area contributed by atoms with Gasteiger partial charge in [-0.2, -0.15) is 0 Å². The maximum Gasteiger partial charge on any atom is 0.178 e. The van der Waals surface area contributed by atoms with E-state index < -0.39 is 22.6 Å². The van der Waals surface area contributed by atoms with E-state index in [0.29, 0.717) is 19.3 Å². The molecule has 0 aromatic heterocycles. The molecule has 0 heterocycles. The lowest BCUT2D eigenvalue weighted by atomic mass is 9.44. The molecule has 5 heteroatoms. The lowest BCUT2D eigenvalue weighted by Gasteiger charge is -2.62. The van der Waals surface area contributed by atoms with E-state index in [4.69, 9.17) is 4.74 Å². The van der Waals surface area contributed by atoms with E-state index in [1.165, 1.54) is 13.2 Å². The lowest BCUT2D eigenvalue weighted by Crippen LogP contribution is -2.67. The molecule has 29 heavy (non-hydrogen) atoms. The summed E-state index contributed by atoms with van der Waals surface area (Å²) in [5.74, 6) is -0.402. The third-order valence-corrected chi connectivity index (χ3v) is 8.92. The van der Waals surface area contributed by atoms with E-state index in [-0.39, 0.29) is 48.3 Å². The molecule has 0 saturated heterocycles. The number of hydrogen-bond donors (Lipinski definition) is 1. The van der Waals surface area contributed by atoms with Crippen molar-refractivity contribution in [1.82, 2.24) is 0 Å². The maximum atomic E-state index is 17.2. The Balaban J connectivity index is 1.79. The summed E-state index contributed by atoms with van der Waals surface area (Å²) in [4.78, 5) is 24.9. The quantitative estimate of drug-likeness (QED) is 0.774. The maximum absolute atomic E-state index is 17.2. The molecule has 4 rings (SSSR count). The third kappa shape index (κ3) is 2.56. The van der Waals surface area contributed by atoms with Crippen LogP contribution in [-0.2, 0) is 14.3 Å². The molecule has 0 aromatic rings. The van der Waals surface area contributed by atoms with Gasteiger partial charge in [0.05, 0.1) is 6.10 Å². The van der Waals surface area contributed by atoms with E-state index in [1.807, 2.05) is 6.92 Å². The second-order valence-corrected chi connectivity index (χ2v) is 10.1. The number of hydrogen-bond acceptors (Lipinski definition) is 4. The zero-order valence-electron chi connectivity index (χ0n) is 17.9. The van der Waals surface area contributed by atoms with Crippen molar-refractivity contribution in [1.29, 1.82) is 0 Å². The van der Waals surface area contributed by atoms with Crippen LogP contribution >= 0.6 is 0 Å². The minimum atomic E-state index is -1.81. The first-order valence-electron chi connectivity index (χ1n) is 11.0. The van der Waals surface area contributed by atoms with E-state index in [1.54, 1.807) is 12.2 Å². The van der Waals surface area contributed by atoms with Crippen molar-refractivity contribution in [2.24, 2.45) is 34.5 Å². The van der Waals surface area contributed by atoms with Gasteiger partial charge in [0.25, 0.3) is 0 Å². The summed E-state index contributed by atoms with van der Waals surface area (Å²) >= 11 is 0. The number of carbonyl (C=O) groups excluding carboxylic acids is 2. The number of alkyl halides is 1. The molecule has 4 aliphatic rings. The molecule has 8 atom stereocenters. The Kier molecular flexibility index (Phi) is 4.94. The summed E-state index contributed by atoms with van der Waals surface area (Å²) < 4.78 is 22.3. The number of ether oxygens (including phenoxy) is 1. The number of ketones is 2. The van der Waals surface area contributed by atoms with E-state index in [0.717, 1.165) is 12.0 Å². The highest BCUT2D eigenvalue weighted by molar-refractivity contribution is 6.01. The van der Waals surface area contributed by atoms with Gasteiger partial charge < -0.3 is 9.84 Å². The largest absolute Gasteiger partial charge is 0.390 e. The van der Waals surface area contributed by atoms with E-state index in [9.17, 15) is 14.7 Å². The number of allylic oxidation sites excluding steroid dienone is 4. The topological polar surface area (TPSA) is 63.6 Å². The molecular weight excluding hydrogens is 371 g/mol. The zero-order valence-corrected chi connectivity index (χ0v) is 17.9. The molecule has 4 nitrogen and oxygen atoms in total. The second kappa shape index (κ2) is 6.84. The van der Waals surface area contributed by atoms with Gasteiger partial charge in [-0.25, -0.2) is 4.39 Å². The number of halogens is 1. The summed E-state index contributed by atoms with van der Waals surface area (Å²) in [5.41, 5.74) is -2.35. The van der Waals surface area contributed by atoms with Gasteiger partial charge in [0.2, 0.25) is 0 Å². The van der Waals surface area contributed by atoms with Crippen LogP contribution in [0, 0.1) is 34.5 Å². The first kappa shape index (κ1) is 20.9. The average Bonchev–Trinajstić information content (AvgIpc) is 2.92. The molecule has 0 spiro atoms. The Bertz CT molecular complexity index is 788. The van der Waals surface area contributed by atoms with Crippen LogP contribution in [-0.4, -0.2) is 42.2 Å². The zero-order chi connectivity index (χ0) is 21.2.